The molecule has 16 heavy (non-hydrogen) atoms. The van der Waals surface area contributed by atoms with E-state index in [2.05, 4.69) is 43.4 Å². The Morgan fingerprint density at radius 1 is 1.25 bits per heavy atom. The monoisotopic (exact) mass is 221 g/mol. The summed E-state index contributed by atoms with van der Waals surface area (Å²) in [5, 5.41) is 3.45. The Kier molecular flexibility index (Phi) is 6.12. The van der Waals surface area contributed by atoms with Crippen LogP contribution in [0.25, 0.3) is 0 Å². The molecule has 90 valence electrons. The maximum Gasteiger partial charge on any atom is 0.0713 e. The number of nitrogens with one attached hydrogen (secondary N) is 1. The van der Waals surface area contributed by atoms with E-state index in [-0.39, 0.29) is 0 Å². The largest absolute Gasteiger partial charge is 0.380 e. The lowest BCUT2D eigenvalue weighted by molar-refractivity contribution is 0.185. The number of hydrogen-bond acceptors (Lipinski definition) is 2. The van der Waals surface area contributed by atoms with Crippen LogP contribution in [0.2, 0.25) is 0 Å². The molecule has 0 radical (unpaired) electrons. The van der Waals surface area contributed by atoms with Crippen molar-refractivity contribution >= 4 is 0 Å². The van der Waals surface area contributed by atoms with E-state index in [1.165, 1.54) is 17.5 Å². The molecule has 1 atom stereocenters. The number of benzene rings is 1. The van der Waals surface area contributed by atoms with Gasteiger partial charge in [-0.1, -0.05) is 38.1 Å². The van der Waals surface area contributed by atoms with Gasteiger partial charge in [0.1, 0.15) is 0 Å². The average Bonchev–Trinajstić information content (AvgIpc) is 2.30. The summed E-state index contributed by atoms with van der Waals surface area (Å²) < 4.78 is 5.10. The molecule has 0 fully saturated rings. The molecule has 2 heteroatoms. The second kappa shape index (κ2) is 7.42. The summed E-state index contributed by atoms with van der Waals surface area (Å²) in [6.07, 6.45) is 1.19. The van der Waals surface area contributed by atoms with Crippen molar-refractivity contribution in [1.82, 2.24) is 5.32 Å². The van der Waals surface area contributed by atoms with Gasteiger partial charge in [0, 0.05) is 13.7 Å². The molecule has 1 unspecified atom stereocenters. The quantitative estimate of drug-likeness (QED) is 0.715. The molecule has 2 nitrogen and oxygen atoms in total. The molecular formula is C14H23NO. The summed E-state index contributed by atoms with van der Waals surface area (Å²) in [6, 6.07) is 8.70. The molecule has 0 saturated heterocycles. The maximum absolute atomic E-state index is 5.10. The molecule has 0 aliphatic carbocycles. The van der Waals surface area contributed by atoms with Gasteiger partial charge in [-0.05, 0) is 30.0 Å². The summed E-state index contributed by atoms with van der Waals surface area (Å²) in [4.78, 5) is 0. The second-order valence-electron chi connectivity index (χ2n) is 4.28. The molecule has 0 heterocycles. The molecular weight excluding hydrogens is 198 g/mol. The first-order valence-electron chi connectivity index (χ1n) is 6.06. The fourth-order valence-corrected chi connectivity index (χ4v) is 1.72. The van der Waals surface area contributed by atoms with Crippen molar-refractivity contribution in [3.05, 3.63) is 35.4 Å². The highest BCUT2D eigenvalue weighted by atomic mass is 16.5. The number of methoxy groups -OCH3 is 1. The lowest BCUT2D eigenvalue weighted by Gasteiger charge is -2.13. The Morgan fingerprint density at radius 2 is 1.94 bits per heavy atom. The van der Waals surface area contributed by atoms with Gasteiger partial charge >= 0.3 is 0 Å². The van der Waals surface area contributed by atoms with Crippen molar-refractivity contribution in [1.29, 1.82) is 0 Å². The molecule has 0 bridgehead atoms. The molecule has 0 amide bonds. The first-order valence-corrected chi connectivity index (χ1v) is 6.06. The molecule has 0 spiro atoms. The van der Waals surface area contributed by atoms with Gasteiger partial charge in [-0.25, -0.2) is 0 Å². The third-order valence-electron chi connectivity index (χ3n) is 2.74. The van der Waals surface area contributed by atoms with E-state index < -0.39 is 0 Å². The van der Waals surface area contributed by atoms with Gasteiger partial charge in [0.2, 0.25) is 0 Å². The van der Waals surface area contributed by atoms with Crippen LogP contribution in [0.15, 0.2) is 24.3 Å². The van der Waals surface area contributed by atoms with Gasteiger partial charge in [0.05, 0.1) is 6.61 Å². The summed E-state index contributed by atoms with van der Waals surface area (Å²) in [5.74, 6) is 0.572. The van der Waals surface area contributed by atoms with Crippen LogP contribution in [0.1, 0.15) is 37.3 Å². The fourth-order valence-electron chi connectivity index (χ4n) is 1.72. The number of ether oxygens (including phenoxy) is 1. The SMILES string of the molecule is CCCNCC(C)c1ccc(COC)cc1. The van der Waals surface area contributed by atoms with Crippen LogP contribution < -0.4 is 5.32 Å². The maximum atomic E-state index is 5.10. The van der Waals surface area contributed by atoms with Crippen LogP contribution in [0, 0.1) is 0 Å². The highest BCUT2D eigenvalue weighted by Crippen LogP contribution is 2.15. The third kappa shape index (κ3) is 4.33. The van der Waals surface area contributed by atoms with Gasteiger partial charge < -0.3 is 10.1 Å². The molecule has 1 rings (SSSR count). The van der Waals surface area contributed by atoms with Crippen LogP contribution in [0.3, 0.4) is 0 Å². The topological polar surface area (TPSA) is 21.3 Å². The Morgan fingerprint density at radius 3 is 2.50 bits per heavy atom. The van der Waals surface area contributed by atoms with E-state index in [9.17, 15) is 0 Å². The predicted octanol–water partition coefficient (Wildman–Crippen LogP) is 2.94. The zero-order chi connectivity index (χ0) is 11.8. The summed E-state index contributed by atoms with van der Waals surface area (Å²) >= 11 is 0. The van der Waals surface area contributed by atoms with E-state index in [1.807, 2.05) is 0 Å². The third-order valence-corrected chi connectivity index (χ3v) is 2.74. The lowest BCUT2D eigenvalue weighted by Crippen LogP contribution is -2.20. The zero-order valence-corrected chi connectivity index (χ0v) is 10.6. The van der Waals surface area contributed by atoms with Crippen LogP contribution in [0.5, 0.6) is 0 Å². The van der Waals surface area contributed by atoms with Gasteiger partial charge in [-0.3, -0.25) is 0 Å². The lowest BCUT2D eigenvalue weighted by atomic mass is 10.00. The second-order valence-corrected chi connectivity index (χ2v) is 4.28. The minimum absolute atomic E-state index is 0.572. The van der Waals surface area contributed by atoms with E-state index >= 15 is 0 Å². The Bertz CT molecular complexity index is 281. The van der Waals surface area contributed by atoms with Crippen LogP contribution in [-0.2, 0) is 11.3 Å². The normalized spacial score (nSPS) is 12.7. The molecule has 1 aromatic carbocycles. The van der Waals surface area contributed by atoms with E-state index in [1.54, 1.807) is 7.11 Å². The van der Waals surface area contributed by atoms with Crippen molar-refractivity contribution in [2.24, 2.45) is 0 Å². The van der Waals surface area contributed by atoms with Gasteiger partial charge in [-0.15, -0.1) is 0 Å². The number of rotatable bonds is 7. The predicted molar refractivity (Wildman–Crippen MR) is 68.7 cm³/mol. The summed E-state index contributed by atoms with van der Waals surface area (Å²) in [7, 11) is 1.73. The van der Waals surface area contributed by atoms with E-state index in [0.29, 0.717) is 12.5 Å². The highest BCUT2D eigenvalue weighted by molar-refractivity contribution is 5.24. The van der Waals surface area contributed by atoms with Crippen molar-refractivity contribution in [3.8, 4) is 0 Å². The van der Waals surface area contributed by atoms with Crippen LogP contribution in [0.4, 0.5) is 0 Å². The zero-order valence-electron chi connectivity index (χ0n) is 10.6. The van der Waals surface area contributed by atoms with Crippen molar-refractivity contribution in [3.63, 3.8) is 0 Å². The molecule has 0 aliphatic rings. The Hall–Kier alpha value is -0.860. The summed E-state index contributed by atoms with van der Waals surface area (Å²) in [5.41, 5.74) is 2.63. The first kappa shape index (κ1) is 13.2. The molecule has 0 aliphatic heterocycles. The molecule has 1 aromatic rings. The van der Waals surface area contributed by atoms with Crippen LogP contribution >= 0.6 is 0 Å². The Labute approximate surface area is 99.0 Å². The molecule has 1 N–H and O–H groups in total. The molecule has 0 aromatic heterocycles. The van der Waals surface area contributed by atoms with Gasteiger partial charge in [0.25, 0.3) is 0 Å². The molecule has 0 saturated carbocycles. The van der Waals surface area contributed by atoms with Gasteiger partial charge in [0.15, 0.2) is 0 Å². The Balaban J connectivity index is 2.46. The smallest absolute Gasteiger partial charge is 0.0713 e. The first-order chi connectivity index (χ1) is 7.77. The minimum atomic E-state index is 0.572. The standard InChI is InChI=1S/C14H23NO/c1-4-9-15-10-12(2)14-7-5-13(6-8-14)11-16-3/h5-8,12,15H,4,9-11H2,1-3H3. The van der Waals surface area contributed by atoms with Crippen molar-refractivity contribution in [2.45, 2.75) is 32.8 Å². The number of hydrogen-bond donors (Lipinski definition) is 1. The van der Waals surface area contributed by atoms with Crippen LogP contribution in [-0.4, -0.2) is 20.2 Å². The highest BCUT2D eigenvalue weighted by Gasteiger charge is 2.04. The van der Waals surface area contributed by atoms with Gasteiger partial charge in [-0.2, -0.15) is 0 Å². The fraction of sp³-hybridized carbons (Fsp3) is 0.571. The van der Waals surface area contributed by atoms with Crippen molar-refractivity contribution < 1.29 is 4.74 Å². The summed E-state index contributed by atoms with van der Waals surface area (Å²) in [6.45, 7) is 7.30. The van der Waals surface area contributed by atoms with Crippen molar-refractivity contribution in [2.75, 3.05) is 20.2 Å². The minimum Gasteiger partial charge on any atom is -0.380 e. The van der Waals surface area contributed by atoms with E-state index in [4.69, 9.17) is 4.74 Å². The van der Waals surface area contributed by atoms with E-state index in [0.717, 1.165) is 13.1 Å². The average molecular weight is 221 g/mol.